The van der Waals surface area contributed by atoms with E-state index in [4.69, 9.17) is 0 Å². The molecule has 0 radical (unpaired) electrons. The number of nitrogens with one attached hydrogen (secondary N) is 2. The number of hydrogen-bond acceptors (Lipinski definition) is 5. The lowest BCUT2D eigenvalue weighted by atomic mass is 10.1. The third-order valence-electron chi connectivity index (χ3n) is 5.20. The Morgan fingerprint density at radius 2 is 2.10 bits per heavy atom. The van der Waals surface area contributed by atoms with E-state index < -0.39 is 23.8 Å². The van der Waals surface area contributed by atoms with Crippen LogP contribution < -0.4 is 5.32 Å². The number of aryl methyl sites for hydroxylation is 1. The Kier molecular flexibility index (Phi) is 6.39. The number of amides is 2. The van der Waals surface area contributed by atoms with Gasteiger partial charge in [-0.15, -0.1) is 0 Å². The van der Waals surface area contributed by atoms with Crippen LogP contribution in [0, 0.1) is 0 Å². The summed E-state index contributed by atoms with van der Waals surface area (Å²) in [5.74, 6) is -0.969. The highest BCUT2D eigenvalue weighted by Gasteiger charge is 2.36. The minimum Gasteiger partial charge on any atom is -0.346 e. The number of aromatic nitrogens is 4. The molecule has 1 aliphatic heterocycles. The summed E-state index contributed by atoms with van der Waals surface area (Å²) in [4.78, 5) is 28.9. The van der Waals surface area contributed by atoms with Gasteiger partial charge in [0.2, 0.25) is 0 Å². The highest BCUT2D eigenvalue weighted by atomic mass is 19.4. The van der Waals surface area contributed by atoms with E-state index in [1.807, 2.05) is 7.05 Å². The third kappa shape index (κ3) is 4.89. The van der Waals surface area contributed by atoms with Crippen LogP contribution in [0.2, 0.25) is 0 Å². The van der Waals surface area contributed by atoms with Gasteiger partial charge in [-0.25, -0.2) is 0 Å². The number of H-pyrrole nitrogens is 1. The van der Waals surface area contributed by atoms with Gasteiger partial charge in [0.1, 0.15) is 5.69 Å². The van der Waals surface area contributed by atoms with Crippen LogP contribution in [0.1, 0.15) is 51.8 Å². The molecule has 0 fully saturated rings. The Hall–Kier alpha value is -2.89. The van der Waals surface area contributed by atoms with Crippen molar-refractivity contribution < 1.29 is 22.8 Å². The molecule has 2 aromatic heterocycles. The first-order valence-electron chi connectivity index (χ1n) is 9.97. The summed E-state index contributed by atoms with van der Waals surface area (Å²) < 4.78 is 39.8. The minimum atomic E-state index is -4.63. The van der Waals surface area contributed by atoms with Crippen molar-refractivity contribution in [2.24, 2.45) is 0 Å². The van der Waals surface area contributed by atoms with E-state index in [0.29, 0.717) is 12.2 Å². The Morgan fingerprint density at radius 3 is 2.74 bits per heavy atom. The Bertz CT molecular complexity index is 966. The first-order chi connectivity index (χ1) is 14.5. The van der Waals surface area contributed by atoms with Crippen LogP contribution >= 0.6 is 0 Å². The van der Waals surface area contributed by atoms with Gasteiger partial charge in [0.15, 0.2) is 11.4 Å². The maximum absolute atomic E-state index is 12.9. The van der Waals surface area contributed by atoms with E-state index in [1.165, 1.54) is 4.90 Å². The number of nitrogens with zero attached hydrogens (tertiary/aromatic N) is 5. The van der Waals surface area contributed by atoms with E-state index in [0.717, 1.165) is 35.0 Å². The SMILES string of the molecule is CCn1nc(C(F)(F)F)cc1C(=O)NC(C)CN(C)C(=O)c1n[nH]c2c1CN(C)CC2. The minimum absolute atomic E-state index is 0.115. The summed E-state index contributed by atoms with van der Waals surface area (Å²) in [6, 6.07) is 0.223. The molecular formula is C19H26F3N7O2. The van der Waals surface area contributed by atoms with Gasteiger partial charge in [-0.1, -0.05) is 0 Å². The van der Waals surface area contributed by atoms with Crippen LogP contribution in [0.4, 0.5) is 13.2 Å². The predicted molar refractivity (Wildman–Crippen MR) is 105 cm³/mol. The molecule has 0 saturated heterocycles. The topological polar surface area (TPSA) is 99.1 Å². The number of rotatable bonds is 6. The standard InChI is InChI=1S/C19H26F3N7O2/c1-5-29-14(8-15(26-29)19(20,21)22)17(30)23-11(2)9-28(4)18(31)16-12-10-27(3)7-6-13(12)24-25-16/h8,11H,5-7,9-10H2,1-4H3,(H,23,30)(H,24,25). The van der Waals surface area contributed by atoms with Gasteiger partial charge >= 0.3 is 6.18 Å². The third-order valence-corrected chi connectivity index (χ3v) is 5.20. The van der Waals surface area contributed by atoms with E-state index in [9.17, 15) is 22.8 Å². The molecule has 1 unspecified atom stereocenters. The zero-order valence-corrected chi connectivity index (χ0v) is 17.9. The molecule has 0 bridgehead atoms. The summed E-state index contributed by atoms with van der Waals surface area (Å²) in [7, 11) is 3.56. The average molecular weight is 441 g/mol. The summed E-state index contributed by atoms with van der Waals surface area (Å²) in [6.45, 7) is 5.05. The molecule has 2 N–H and O–H groups in total. The van der Waals surface area contributed by atoms with Crippen molar-refractivity contribution >= 4 is 11.8 Å². The normalized spacial score (nSPS) is 15.5. The van der Waals surface area contributed by atoms with Crippen molar-refractivity contribution in [3.63, 3.8) is 0 Å². The van der Waals surface area contributed by atoms with Crippen LogP contribution in [-0.4, -0.2) is 74.8 Å². The Morgan fingerprint density at radius 1 is 1.39 bits per heavy atom. The lowest BCUT2D eigenvalue weighted by Gasteiger charge is -2.24. The van der Waals surface area contributed by atoms with Crippen molar-refractivity contribution in [1.29, 1.82) is 0 Å². The Balaban J connectivity index is 1.65. The molecule has 3 rings (SSSR count). The smallest absolute Gasteiger partial charge is 0.346 e. The van der Waals surface area contributed by atoms with E-state index in [2.05, 4.69) is 25.5 Å². The van der Waals surface area contributed by atoms with Crippen molar-refractivity contribution in [2.75, 3.05) is 27.2 Å². The van der Waals surface area contributed by atoms with Crippen molar-refractivity contribution in [1.82, 2.24) is 35.1 Å². The number of likely N-dealkylation sites (N-methyl/N-ethyl adjacent to an activating group) is 2. The molecule has 0 aliphatic carbocycles. The van der Waals surface area contributed by atoms with E-state index in [-0.39, 0.29) is 24.7 Å². The number of carbonyl (C=O) groups excluding carboxylic acids is 2. The molecule has 2 amide bonds. The predicted octanol–water partition coefficient (Wildman–Crippen LogP) is 1.52. The zero-order valence-electron chi connectivity index (χ0n) is 17.9. The van der Waals surface area contributed by atoms with Crippen LogP contribution in [-0.2, 0) is 25.7 Å². The van der Waals surface area contributed by atoms with Gasteiger partial charge in [0.05, 0.1) is 0 Å². The zero-order chi connectivity index (χ0) is 22.9. The fraction of sp³-hybridized carbons (Fsp3) is 0.579. The second-order valence-corrected chi connectivity index (χ2v) is 7.81. The highest BCUT2D eigenvalue weighted by Crippen LogP contribution is 2.28. The average Bonchev–Trinajstić information content (AvgIpc) is 3.30. The summed E-state index contributed by atoms with van der Waals surface area (Å²) in [6.07, 6.45) is -3.85. The van der Waals surface area contributed by atoms with E-state index >= 15 is 0 Å². The fourth-order valence-electron chi connectivity index (χ4n) is 3.60. The molecule has 0 saturated carbocycles. The lowest BCUT2D eigenvalue weighted by Crippen LogP contribution is -2.43. The molecule has 3 heterocycles. The summed E-state index contributed by atoms with van der Waals surface area (Å²) in [5.41, 5.74) is 0.868. The number of halogens is 3. The van der Waals surface area contributed by atoms with Gasteiger partial charge in [0.25, 0.3) is 11.8 Å². The molecule has 0 spiro atoms. The molecular weight excluding hydrogens is 415 g/mol. The number of alkyl halides is 3. The van der Waals surface area contributed by atoms with Gasteiger partial charge in [-0.05, 0) is 20.9 Å². The van der Waals surface area contributed by atoms with Crippen LogP contribution in [0.25, 0.3) is 0 Å². The highest BCUT2D eigenvalue weighted by molar-refractivity contribution is 5.94. The van der Waals surface area contributed by atoms with Gasteiger partial charge < -0.3 is 15.1 Å². The summed E-state index contributed by atoms with van der Waals surface area (Å²) >= 11 is 0. The van der Waals surface area contributed by atoms with Gasteiger partial charge in [-0.2, -0.15) is 23.4 Å². The summed E-state index contributed by atoms with van der Waals surface area (Å²) in [5, 5.41) is 13.2. The molecule has 170 valence electrons. The van der Waals surface area contributed by atoms with Crippen LogP contribution in [0.3, 0.4) is 0 Å². The number of hydrogen-bond donors (Lipinski definition) is 2. The molecule has 2 aromatic rings. The molecule has 1 atom stereocenters. The number of carbonyl (C=O) groups is 2. The van der Waals surface area contributed by atoms with E-state index in [1.54, 1.807) is 20.9 Å². The van der Waals surface area contributed by atoms with Gasteiger partial charge in [0, 0.05) is 63.0 Å². The van der Waals surface area contributed by atoms with Gasteiger partial charge in [-0.3, -0.25) is 19.4 Å². The van der Waals surface area contributed by atoms with Crippen molar-refractivity contribution in [3.05, 3.63) is 34.4 Å². The van der Waals surface area contributed by atoms with Crippen LogP contribution in [0.5, 0.6) is 0 Å². The monoisotopic (exact) mass is 441 g/mol. The largest absolute Gasteiger partial charge is 0.435 e. The lowest BCUT2D eigenvalue weighted by molar-refractivity contribution is -0.141. The quantitative estimate of drug-likeness (QED) is 0.708. The molecule has 0 aromatic carbocycles. The maximum Gasteiger partial charge on any atom is 0.435 e. The van der Waals surface area contributed by atoms with Crippen molar-refractivity contribution in [2.45, 2.75) is 45.6 Å². The molecule has 31 heavy (non-hydrogen) atoms. The first kappa shape index (κ1) is 22.8. The second kappa shape index (κ2) is 8.69. The maximum atomic E-state index is 12.9. The number of fused-ring (bicyclic) bond motifs is 1. The second-order valence-electron chi connectivity index (χ2n) is 7.81. The molecule has 1 aliphatic rings. The van der Waals surface area contributed by atoms with Crippen LogP contribution in [0.15, 0.2) is 6.07 Å². The molecule has 12 heteroatoms. The molecule has 9 nitrogen and oxygen atoms in total. The fourth-order valence-corrected chi connectivity index (χ4v) is 3.60. The first-order valence-corrected chi connectivity index (χ1v) is 9.97. The Labute approximate surface area is 177 Å². The number of aromatic amines is 1. The van der Waals surface area contributed by atoms with Crippen molar-refractivity contribution in [3.8, 4) is 0 Å².